The Labute approximate surface area is 263 Å². The van der Waals surface area contributed by atoms with Gasteiger partial charge in [0.05, 0.1) is 16.7 Å². The van der Waals surface area contributed by atoms with Crippen molar-refractivity contribution < 1.29 is 0 Å². The molecule has 7 aromatic rings. The molecule has 2 unspecified atom stereocenters. The summed E-state index contributed by atoms with van der Waals surface area (Å²) in [6.07, 6.45) is 5.45. The summed E-state index contributed by atoms with van der Waals surface area (Å²) in [5.74, 6) is 2.06. The minimum Gasteiger partial charge on any atom is -0.297 e. The van der Waals surface area contributed by atoms with Gasteiger partial charge in [-0.2, -0.15) is 0 Å². The Morgan fingerprint density at radius 1 is 0.622 bits per heavy atom. The second kappa shape index (κ2) is 9.52. The highest BCUT2D eigenvalue weighted by Gasteiger charge is 2.34. The van der Waals surface area contributed by atoms with Gasteiger partial charge in [0.15, 0.2) is 0 Å². The van der Waals surface area contributed by atoms with Crippen LogP contribution in [0.25, 0.3) is 54.8 Å². The Hall–Kier alpha value is -4.95. The minimum absolute atomic E-state index is 0.393. The molecule has 0 saturated carbocycles. The van der Waals surface area contributed by atoms with E-state index >= 15 is 0 Å². The fourth-order valence-electron chi connectivity index (χ4n) is 8.88. The Kier molecular flexibility index (Phi) is 5.37. The Bertz CT molecular complexity index is 2390. The zero-order chi connectivity index (χ0) is 29.6. The second-order valence-electron chi connectivity index (χ2n) is 13.4. The lowest BCUT2D eigenvalue weighted by molar-refractivity contribution is 0.640. The third kappa shape index (κ3) is 3.60. The molecule has 0 fully saturated rings. The van der Waals surface area contributed by atoms with Gasteiger partial charge in [-0.3, -0.25) is 4.57 Å². The maximum Gasteiger partial charge on any atom is 0.114 e. The largest absolute Gasteiger partial charge is 0.297 e. The monoisotopic (exact) mass is 578 g/mol. The molecule has 216 valence electrons. The van der Waals surface area contributed by atoms with E-state index in [1.165, 1.54) is 83.5 Å². The van der Waals surface area contributed by atoms with E-state index in [0.29, 0.717) is 11.8 Å². The normalized spacial score (nSPS) is 19.6. The van der Waals surface area contributed by atoms with Gasteiger partial charge in [0.25, 0.3) is 0 Å². The van der Waals surface area contributed by atoms with Gasteiger partial charge in [-0.1, -0.05) is 97.9 Å². The first-order valence-corrected chi connectivity index (χ1v) is 16.6. The fraction of sp³-hybridized carbons (Fsp3) is 0.186. The molecule has 3 aliphatic rings. The van der Waals surface area contributed by atoms with E-state index in [2.05, 4.69) is 127 Å². The predicted octanol–water partition coefficient (Wildman–Crippen LogP) is 11.5. The minimum atomic E-state index is 0.393. The summed E-state index contributed by atoms with van der Waals surface area (Å²) in [6, 6.07) is 43.5. The van der Waals surface area contributed by atoms with Crippen molar-refractivity contribution in [2.24, 2.45) is 4.99 Å². The molecule has 2 bridgehead atoms. The standard InChI is InChI=1S/C43H34N2/c1-26-11-10-20-41(44-39-19-9-8-14-29(26)39)45-40-24-28-13-3-2-12-27(28)23-37(40)38-25-36-32-17-5-4-15-30(32)33-21-22-35(36)42(43(38)45)34-18-7-6-16-31(33)34/h2-9,12-19,23-26,33H,10-11,20-22H2,1H3/b44-41+. The average Bonchev–Trinajstić information content (AvgIpc) is 3.18. The van der Waals surface area contributed by atoms with Gasteiger partial charge in [0.1, 0.15) is 5.84 Å². The molecule has 0 saturated heterocycles. The van der Waals surface area contributed by atoms with Gasteiger partial charge in [-0.25, -0.2) is 4.99 Å². The smallest absolute Gasteiger partial charge is 0.114 e. The van der Waals surface area contributed by atoms with E-state index in [1.807, 2.05) is 0 Å². The summed E-state index contributed by atoms with van der Waals surface area (Å²) in [6.45, 7) is 2.36. The molecule has 1 aromatic heterocycles. The van der Waals surface area contributed by atoms with Crippen LogP contribution in [0.2, 0.25) is 0 Å². The number of para-hydroxylation sites is 1. The first kappa shape index (κ1) is 25.4. The number of aliphatic imine (C=N–C) groups is 1. The molecule has 6 aromatic carbocycles. The van der Waals surface area contributed by atoms with Crippen molar-refractivity contribution in [1.29, 1.82) is 0 Å². The summed E-state index contributed by atoms with van der Waals surface area (Å²) in [7, 11) is 0. The molecule has 2 aliphatic carbocycles. The van der Waals surface area contributed by atoms with Gasteiger partial charge >= 0.3 is 0 Å². The van der Waals surface area contributed by atoms with E-state index in [0.717, 1.165) is 37.2 Å². The Morgan fingerprint density at radius 2 is 1.31 bits per heavy atom. The molecular formula is C43H34N2. The van der Waals surface area contributed by atoms with Crippen LogP contribution in [0.15, 0.2) is 120 Å². The van der Waals surface area contributed by atoms with Crippen LogP contribution in [0, 0.1) is 0 Å². The lowest BCUT2D eigenvalue weighted by Crippen LogP contribution is -2.15. The van der Waals surface area contributed by atoms with Crippen molar-refractivity contribution in [3.63, 3.8) is 0 Å². The lowest BCUT2D eigenvalue weighted by Gasteiger charge is -2.25. The number of hydrogen-bond acceptors (Lipinski definition) is 1. The van der Waals surface area contributed by atoms with Gasteiger partial charge < -0.3 is 0 Å². The third-order valence-corrected chi connectivity index (χ3v) is 11.0. The molecule has 2 heteroatoms. The molecule has 0 N–H and O–H groups in total. The maximum atomic E-state index is 5.57. The summed E-state index contributed by atoms with van der Waals surface area (Å²) >= 11 is 0. The van der Waals surface area contributed by atoms with Gasteiger partial charge in [-0.15, -0.1) is 0 Å². The van der Waals surface area contributed by atoms with Crippen molar-refractivity contribution in [2.45, 2.75) is 50.9 Å². The van der Waals surface area contributed by atoms with Crippen LogP contribution < -0.4 is 0 Å². The van der Waals surface area contributed by atoms with Crippen molar-refractivity contribution in [3.8, 4) is 22.3 Å². The third-order valence-electron chi connectivity index (χ3n) is 11.0. The molecule has 0 amide bonds. The maximum absolute atomic E-state index is 5.57. The molecule has 2 atom stereocenters. The summed E-state index contributed by atoms with van der Waals surface area (Å²) < 4.78 is 2.58. The fourth-order valence-corrected chi connectivity index (χ4v) is 8.88. The van der Waals surface area contributed by atoms with Gasteiger partial charge in [-0.05, 0) is 106 Å². The average molecular weight is 579 g/mol. The van der Waals surface area contributed by atoms with Crippen LogP contribution in [0.5, 0.6) is 0 Å². The number of fused-ring (bicyclic) bond motifs is 14. The van der Waals surface area contributed by atoms with Crippen LogP contribution >= 0.6 is 0 Å². The van der Waals surface area contributed by atoms with Gasteiger partial charge in [0.2, 0.25) is 0 Å². The van der Waals surface area contributed by atoms with Crippen molar-refractivity contribution in [3.05, 3.63) is 138 Å². The highest BCUT2D eigenvalue weighted by Crippen LogP contribution is 2.53. The molecular weight excluding hydrogens is 544 g/mol. The molecule has 2 heterocycles. The molecule has 45 heavy (non-hydrogen) atoms. The number of nitrogens with zero attached hydrogens (tertiary/aromatic N) is 2. The first-order chi connectivity index (χ1) is 22.2. The van der Waals surface area contributed by atoms with Crippen LogP contribution in [0.3, 0.4) is 0 Å². The van der Waals surface area contributed by atoms with Gasteiger partial charge in [0, 0.05) is 28.7 Å². The van der Waals surface area contributed by atoms with Crippen LogP contribution in [-0.2, 0) is 6.42 Å². The van der Waals surface area contributed by atoms with E-state index in [9.17, 15) is 0 Å². The molecule has 0 spiro atoms. The quantitative estimate of drug-likeness (QED) is 0.170. The van der Waals surface area contributed by atoms with Crippen molar-refractivity contribution >= 4 is 44.1 Å². The number of hydrogen-bond donors (Lipinski definition) is 0. The van der Waals surface area contributed by atoms with E-state index in [4.69, 9.17) is 4.99 Å². The summed E-state index contributed by atoms with van der Waals surface area (Å²) in [5, 5.41) is 5.21. The number of aromatic nitrogens is 1. The van der Waals surface area contributed by atoms with E-state index in [1.54, 1.807) is 0 Å². The van der Waals surface area contributed by atoms with Crippen molar-refractivity contribution in [1.82, 2.24) is 4.57 Å². The topological polar surface area (TPSA) is 17.3 Å². The lowest BCUT2D eigenvalue weighted by atomic mass is 9.80. The van der Waals surface area contributed by atoms with Crippen LogP contribution in [0.1, 0.15) is 66.7 Å². The number of benzene rings is 6. The Morgan fingerprint density at radius 3 is 2.16 bits per heavy atom. The molecule has 0 radical (unpaired) electrons. The zero-order valence-electron chi connectivity index (χ0n) is 25.6. The first-order valence-electron chi connectivity index (χ1n) is 16.6. The van der Waals surface area contributed by atoms with Crippen LogP contribution in [-0.4, -0.2) is 10.4 Å². The highest BCUT2D eigenvalue weighted by atomic mass is 15.1. The molecule has 10 rings (SSSR count). The summed E-state index contributed by atoms with van der Waals surface area (Å²) in [5.41, 5.74) is 15.1. The summed E-state index contributed by atoms with van der Waals surface area (Å²) in [4.78, 5) is 5.57. The molecule has 1 aliphatic heterocycles. The molecule has 2 nitrogen and oxygen atoms in total. The zero-order valence-corrected chi connectivity index (χ0v) is 25.6. The van der Waals surface area contributed by atoms with Crippen molar-refractivity contribution in [2.75, 3.05) is 0 Å². The highest BCUT2D eigenvalue weighted by molar-refractivity contribution is 6.22. The number of rotatable bonds is 0. The second-order valence-corrected chi connectivity index (χ2v) is 13.4. The van der Waals surface area contributed by atoms with E-state index in [-0.39, 0.29) is 0 Å². The SMILES string of the molecule is CC1CCC/C(n2c3cc4ccccc4cc3c3cc4c5c(c32)-c2ccccc2C(CC5)c2ccccc2-4)=N\c2ccccc21. The predicted molar refractivity (Wildman–Crippen MR) is 189 cm³/mol. The van der Waals surface area contributed by atoms with Crippen LogP contribution in [0.4, 0.5) is 5.69 Å². The van der Waals surface area contributed by atoms with E-state index < -0.39 is 0 Å². The Balaban J connectivity index is 1.42.